The maximum Gasteiger partial charge on any atom is 0.335 e. The van der Waals surface area contributed by atoms with Crippen LogP contribution >= 0.6 is 0 Å². The van der Waals surface area contributed by atoms with Crippen molar-refractivity contribution in [1.82, 2.24) is 0 Å². The van der Waals surface area contributed by atoms with Crippen molar-refractivity contribution in [2.45, 2.75) is 19.6 Å². The standard InChI is InChI=1S/C13H14O5/c1-3-11(14)18-12(4-2)17-10-7-5-9(6-8-10)13(15)16/h3,5-8,12H,1,4H2,2H3,(H,15,16). The smallest absolute Gasteiger partial charge is 0.335 e. The van der Waals surface area contributed by atoms with Crippen LogP contribution in [0.1, 0.15) is 23.7 Å². The summed E-state index contributed by atoms with van der Waals surface area (Å²) in [5.74, 6) is -1.14. The van der Waals surface area contributed by atoms with Gasteiger partial charge >= 0.3 is 11.9 Å². The van der Waals surface area contributed by atoms with Crippen molar-refractivity contribution in [2.75, 3.05) is 0 Å². The van der Waals surface area contributed by atoms with Gasteiger partial charge in [0, 0.05) is 12.5 Å². The fourth-order valence-corrected chi connectivity index (χ4v) is 1.20. The predicted molar refractivity (Wildman–Crippen MR) is 64.4 cm³/mol. The summed E-state index contributed by atoms with van der Waals surface area (Å²) in [4.78, 5) is 21.7. The SMILES string of the molecule is C=CC(=O)OC(CC)Oc1ccc(C(=O)O)cc1. The van der Waals surface area contributed by atoms with Crippen LogP contribution in [0.2, 0.25) is 0 Å². The molecule has 0 amide bonds. The number of carboxylic acids is 1. The topological polar surface area (TPSA) is 72.8 Å². The van der Waals surface area contributed by atoms with E-state index in [-0.39, 0.29) is 5.56 Å². The zero-order valence-electron chi connectivity index (χ0n) is 9.96. The number of carbonyl (C=O) groups is 2. The number of esters is 1. The molecule has 0 aromatic heterocycles. The molecule has 1 aromatic rings. The summed E-state index contributed by atoms with van der Waals surface area (Å²) >= 11 is 0. The molecule has 0 aliphatic heterocycles. The molecular formula is C13H14O5. The molecule has 1 atom stereocenters. The van der Waals surface area contributed by atoms with Gasteiger partial charge in [0.2, 0.25) is 6.29 Å². The second-order valence-electron chi connectivity index (χ2n) is 3.43. The van der Waals surface area contributed by atoms with Crippen LogP contribution in [0.5, 0.6) is 5.75 Å². The summed E-state index contributed by atoms with van der Waals surface area (Å²) in [6.45, 7) is 5.09. The van der Waals surface area contributed by atoms with Gasteiger partial charge in [-0.15, -0.1) is 0 Å². The number of aromatic carboxylic acids is 1. The van der Waals surface area contributed by atoms with Crippen molar-refractivity contribution in [2.24, 2.45) is 0 Å². The second kappa shape index (κ2) is 6.44. The van der Waals surface area contributed by atoms with Crippen LogP contribution < -0.4 is 4.74 Å². The molecule has 0 saturated carbocycles. The number of hydrogen-bond donors (Lipinski definition) is 1. The minimum absolute atomic E-state index is 0.165. The van der Waals surface area contributed by atoms with Crippen molar-refractivity contribution in [3.63, 3.8) is 0 Å². The highest BCUT2D eigenvalue weighted by atomic mass is 16.7. The normalized spacial score (nSPS) is 11.4. The van der Waals surface area contributed by atoms with E-state index >= 15 is 0 Å². The molecule has 0 aliphatic carbocycles. The van der Waals surface area contributed by atoms with Crippen LogP contribution in [0.3, 0.4) is 0 Å². The first-order valence-electron chi connectivity index (χ1n) is 5.40. The van der Waals surface area contributed by atoms with E-state index in [0.717, 1.165) is 6.08 Å². The van der Waals surface area contributed by atoms with Crippen molar-refractivity contribution < 1.29 is 24.2 Å². The molecule has 0 spiro atoms. The number of rotatable bonds is 6. The Morgan fingerprint density at radius 3 is 2.44 bits per heavy atom. The lowest BCUT2D eigenvalue weighted by atomic mass is 10.2. The minimum atomic E-state index is -1.01. The first-order valence-corrected chi connectivity index (χ1v) is 5.40. The van der Waals surface area contributed by atoms with Gasteiger partial charge in [0.25, 0.3) is 0 Å². The summed E-state index contributed by atoms with van der Waals surface area (Å²) in [5.41, 5.74) is 0.165. The Hall–Kier alpha value is -2.30. The van der Waals surface area contributed by atoms with Gasteiger partial charge in [0.15, 0.2) is 0 Å². The fourth-order valence-electron chi connectivity index (χ4n) is 1.20. The minimum Gasteiger partial charge on any atom is -0.478 e. The Bertz CT molecular complexity index is 435. The van der Waals surface area contributed by atoms with Crippen LogP contribution in [-0.4, -0.2) is 23.3 Å². The highest BCUT2D eigenvalue weighted by Crippen LogP contribution is 2.15. The maximum absolute atomic E-state index is 11.0. The number of carboxylic acid groups (broad SMARTS) is 1. The molecule has 0 bridgehead atoms. The van der Waals surface area contributed by atoms with Gasteiger partial charge in [-0.2, -0.15) is 0 Å². The summed E-state index contributed by atoms with van der Waals surface area (Å²) in [7, 11) is 0. The molecule has 1 aromatic carbocycles. The molecule has 5 nitrogen and oxygen atoms in total. The number of ether oxygens (including phenoxy) is 2. The second-order valence-corrected chi connectivity index (χ2v) is 3.43. The third-order valence-corrected chi connectivity index (χ3v) is 2.12. The van der Waals surface area contributed by atoms with Gasteiger partial charge in [-0.3, -0.25) is 0 Å². The van der Waals surface area contributed by atoms with E-state index in [4.69, 9.17) is 14.6 Å². The molecule has 1 N–H and O–H groups in total. The predicted octanol–water partition coefficient (Wildman–Crippen LogP) is 2.23. The summed E-state index contributed by atoms with van der Waals surface area (Å²) in [6, 6.07) is 5.85. The molecule has 1 rings (SSSR count). The van der Waals surface area contributed by atoms with E-state index in [1.165, 1.54) is 24.3 Å². The average molecular weight is 250 g/mol. The Kier molecular flexibility index (Phi) is 4.92. The fraction of sp³-hybridized carbons (Fsp3) is 0.231. The number of benzene rings is 1. The van der Waals surface area contributed by atoms with Gasteiger partial charge < -0.3 is 14.6 Å². The van der Waals surface area contributed by atoms with Crippen LogP contribution in [0.25, 0.3) is 0 Å². The van der Waals surface area contributed by atoms with Crippen LogP contribution in [0.4, 0.5) is 0 Å². The van der Waals surface area contributed by atoms with E-state index in [0.29, 0.717) is 12.2 Å². The van der Waals surface area contributed by atoms with Crippen molar-refractivity contribution in [1.29, 1.82) is 0 Å². The van der Waals surface area contributed by atoms with E-state index in [1.807, 2.05) is 0 Å². The first-order chi connectivity index (χ1) is 8.56. The van der Waals surface area contributed by atoms with Gasteiger partial charge in [-0.1, -0.05) is 13.5 Å². The Balaban J connectivity index is 2.67. The lowest BCUT2D eigenvalue weighted by Crippen LogP contribution is -2.22. The third-order valence-electron chi connectivity index (χ3n) is 2.12. The molecule has 96 valence electrons. The lowest BCUT2D eigenvalue weighted by molar-refractivity contribution is -0.157. The summed E-state index contributed by atoms with van der Waals surface area (Å²) in [5, 5.41) is 8.73. The molecule has 0 fully saturated rings. The Morgan fingerprint density at radius 2 is 2.00 bits per heavy atom. The van der Waals surface area contributed by atoms with Crippen molar-refractivity contribution >= 4 is 11.9 Å². The summed E-state index contributed by atoms with van der Waals surface area (Å²) < 4.78 is 10.3. The molecular weight excluding hydrogens is 236 g/mol. The van der Waals surface area contributed by atoms with E-state index in [9.17, 15) is 9.59 Å². The van der Waals surface area contributed by atoms with Gasteiger partial charge in [0.05, 0.1) is 5.56 Å². The molecule has 0 radical (unpaired) electrons. The molecule has 0 heterocycles. The number of carbonyl (C=O) groups excluding carboxylic acids is 1. The number of hydrogen-bond acceptors (Lipinski definition) is 4. The maximum atomic E-state index is 11.0. The average Bonchev–Trinajstić information content (AvgIpc) is 2.38. The quantitative estimate of drug-likeness (QED) is 0.476. The third kappa shape index (κ3) is 3.93. The van der Waals surface area contributed by atoms with E-state index in [1.54, 1.807) is 6.92 Å². The van der Waals surface area contributed by atoms with Crippen LogP contribution in [0, 0.1) is 0 Å². The zero-order chi connectivity index (χ0) is 13.5. The zero-order valence-corrected chi connectivity index (χ0v) is 9.96. The van der Waals surface area contributed by atoms with Gasteiger partial charge in [-0.25, -0.2) is 9.59 Å². The molecule has 18 heavy (non-hydrogen) atoms. The van der Waals surface area contributed by atoms with E-state index < -0.39 is 18.2 Å². The van der Waals surface area contributed by atoms with Crippen LogP contribution in [-0.2, 0) is 9.53 Å². The lowest BCUT2D eigenvalue weighted by Gasteiger charge is -2.17. The molecule has 5 heteroatoms. The van der Waals surface area contributed by atoms with Crippen molar-refractivity contribution in [3.8, 4) is 5.75 Å². The van der Waals surface area contributed by atoms with Crippen LogP contribution in [0.15, 0.2) is 36.9 Å². The molecule has 1 unspecified atom stereocenters. The van der Waals surface area contributed by atoms with Gasteiger partial charge in [0.1, 0.15) is 5.75 Å². The van der Waals surface area contributed by atoms with E-state index in [2.05, 4.69) is 6.58 Å². The monoisotopic (exact) mass is 250 g/mol. The molecule has 0 saturated heterocycles. The molecule has 0 aliphatic rings. The first kappa shape index (κ1) is 13.8. The Labute approximate surface area is 105 Å². The highest BCUT2D eigenvalue weighted by Gasteiger charge is 2.12. The highest BCUT2D eigenvalue weighted by molar-refractivity contribution is 5.87. The largest absolute Gasteiger partial charge is 0.478 e. The Morgan fingerprint density at radius 1 is 1.39 bits per heavy atom. The summed E-state index contributed by atoms with van der Waals surface area (Å²) in [6.07, 6.45) is 0.811. The van der Waals surface area contributed by atoms with Crippen molar-refractivity contribution in [3.05, 3.63) is 42.5 Å². The van der Waals surface area contributed by atoms with Gasteiger partial charge in [-0.05, 0) is 24.3 Å².